The summed E-state index contributed by atoms with van der Waals surface area (Å²) in [6, 6.07) is 4.07. The van der Waals surface area contributed by atoms with Crippen molar-refractivity contribution in [1.29, 1.82) is 0 Å². The maximum atomic E-state index is 10.9. The summed E-state index contributed by atoms with van der Waals surface area (Å²) in [5.74, 6) is 0.408. The molecule has 4 heteroatoms. The first kappa shape index (κ1) is 12.9. The summed E-state index contributed by atoms with van der Waals surface area (Å²) in [6.07, 6.45) is 10.6. The van der Waals surface area contributed by atoms with Crippen LogP contribution >= 0.6 is 0 Å². The Morgan fingerprint density at radius 1 is 1.17 bits per heavy atom. The number of amides is 1. The molecule has 1 aliphatic rings. The zero-order chi connectivity index (χ0) is 12.8. The Labute approximate surface area is 108 Å². The van der Waals surface area contributed by atoms with Crippen molar-refractivity contribution in [2.75, 3.05) is 5.32 Å². The van der Waals surface area contributed by atoms with Crippen LogP contribution in [0, 0.1) is 0 Å². The highest BCUT2D eigenvalue weighted by atomic mass is 16.1. The number of nitrogens with one attached hydrogen (secondary N) is 1. The van der Waals surface area contributed by atoms with Crippen molar-refractivity contribution in [3.63, 3.8) is 0 Å². The van der Waals surface area contributed by atoms with E-state index in [4.69, 9.17) is 5.73 Å². The second-order valence-corrected chi connectivity index (χ2v) is 4.98. The Morgan fingerprint density at radius 3 is 2.39 bits per heavy atom. The lowest BCUT2D eigenvalue weighted by molar-refractivity contribution is 0.1000. The van der Waals surface area contributed by atoms with Gasteiger partial charge in [-0.25, -0.2) is 4.98 Å². The Balaban J connectivity index is 1.92. The maximum absolute atomic E-state index is 10.9. The molecule has 0 aromatic carbocycles. The van der Waals surface area contributed by atoms with E-state index in [1.807, 2.05) is 6.07 Å². The predicted octanol–water partition coefficient (Wildman–Crippen LogP) is 2.71. The van der Waals surface area contributed by atoms with E-state index in [1.54, 1.807) is 6.07 Å². The Bertz CT molecular complexity index is 381. The highest BCUT2D eigenvalue weighted by Crippen LogP contribution is 2.20. The molecule has 0 aliphatic heterocycles. The summed E-state index contributed by atoms with van der Waals surface area (Å²) in [5, 5.41) is 3.45. The Morgan fingerprint density at radius 2 is 1.83 bits per heavy atom. The smallest absolute Gasteiger partial charge is 0.250 e. The van der Waals surface area contributed by atoms with Gasteiger partial charge in [-0.05, 0) is 25.0 Å². The molecule has 3 N–H and O–H groups in total. The molecule has 1 aromatic rings. The second-order valence-electron chi connectivity index (χ2n) is 4.98. The van der Waals surface area contributed by atoms with Crippen LogP contribution in [0.25, 0.3) is 0 Å². The molecule has 0 spiro atoms. The molecule has 0 radical (unpaired) electrons. The number of primary amides is 1. The lowest BCUT2D eigenvalue weighted by Crippen LogP contribution is -2.21. The fourth-order valence-corrected chi connectivity index (χ4v) is 2.43. The number of hydrogen-bond acceptors (Lipinski definition) is 3. The maximum Gasteiger partial charge on any atom is 0.250 e. The molecule has 98 valence electrons. The fourth-order valence-electron chi connectivity index (χ4n) is 2.43. The molecule has 1 saturated carbocycles. The van der Waals surface area contributed by atoms with Crippen molar-refractivity contribution in [3.05, 3.63) is 23.9 Å². The fraction of sp³-hybridized carbons (Fsp3) is 0.571. The first-order chi connectivity index (χ1) is 8.75. The highest BCUT2D eigenvalue weighted by molar-refractivity contribution is 5.92. The first-order valence-corrected chi connectivity index (χ1v) is 6.78. The third-order valence-corrected chi connectivity index (χ3v) is 3.51. The van der Waals surface area contributed by atoms with Crippen molar-refractivity contribution in [3.8, 4) is 0 Å². The summed E-state index contributed by atoms with van der Waals surface area (Å²) in [4.78, 5) is 15.2. The summed E-state index contributed by atoms with van der Waals surface area (Å²) in [7, 11) is 0. The van der Waals surface area contributed by atoms with E-state index < -0.39 is 5.91 Å². The van der Waals surface area contributed by atoms with Gasteiger partial charge in [-0.15, -0.1) is 0 Å². The van der Waals surface area contributed by atoms with E-state index in [-0.39, 0.29) is 0 Å². The van der Waals surface area contributed by atoms with Crippen LogP contribution in [-0.2, 0) is 0 Å². The lowest BCUT2D eigenvalue weighted by atomic mass is 9.97. The number of anilines is 1. The van der Waals surface area contributed by atoms with Gasteiger partial charge in [0.25, 0.3) is 0 Å². The number of pyridine rings is 1. The average Bonchev–Trinajstić information content (AvgIpc) is 2.33. The normalized spacial score (nSPS) is 17.8. The van der Waals surface area contributed by atoms with Gasteiger partial charge >= 0.3 is 0 Å². The number of hydrogen-bond donors (Lipinski definition) is 2. The second kappa shape index (κ2) is 6.38. The molecule has 0 saturated heterocycles. The standard InChI is InChI=1S/C14H21N3O/c15-14(18)11-8-9-13(16-10-11)17-12-6-4-2-1-3-5-7-12/h8-10,12H,1-7H2,(H2,15,18)(H,16,17). The third kappa shape index (κ3) is 3.72. The largest absolute Gasteiger partial charge is 0.367 e. The average molecular weight is 247 g/mol. The van der Waals surface area contributed by atoms with E-state index in [2.05, 4.69) is 10.3 Å². The van der Waals surface area contributed by atoms with Crippen molar-refractivity contribution in [1.82, 2.24) is 4.98 Å². The molecule has 0 unspecified atom stereocenters. The van der Waals surface area contributed by atoms with Crippen LogP contribution in [-0.4, -0.2) is 16.9 Å². The van der Waals surface area contributed by atoms with Gasteiger partial charge in [0.05, 0.1) is 5.56 Å². The Hall–Kier alpha value is -1.58. The molecule has 1 heterocycles. The van der Waals surface area contributed by atoms with Gasteiger partial charge in [0.15, 0.2) is 0 Å². The number of carbonyl (C=O) groups is 1. The Kier molecular flexibility index (Phi) is 4.56. The quantitative estimate of drug-likeness (QED) is 0.863. The molecule has 18 heavy (non-hydrogen) atoms. The number of aromatic nitrogens is 1. The molecule has 2 rings (SSSR count). The van der Waals surface area contributed by atoms with Gasteiger partial charge in [-0.2, -0.15) is 0 Å². The molecular formula is C14H21N3O. The van der Waals surface area contributed by atoms with E-state index in [0.717, 1.165) is 5.82 Å². The van der Waals surface area contributed by atoms with Crippen LogP contribution < -0.4 is 11.1 Å². The number of nitrogens with zero attached hydrogens (tertiary/aromatic N) is 1. The number of nitrogens with two attached hydrogens (primary N) is 1. The lowest BCUT2D eigenvalue weighted by Gasteiger charge is -2.21. The summed E-state index contributed by atoms with van der Waals surface area (Å²) in [6.45, 7) is 0. The third-order valence-electron chi connectivity index (χ3n) is 3.51. The van der Waals surface area contributed by atoms with Gasteiger partial charge in [0, 0.05) is 12.2 Å². The van der Waals surface area contributed by atoms with Crippen molar-refractivity contribution >= 4 is 11.7 Å². The summed E-state index contributed by atoms with van der Waals surface area (Å²) < 4.78 is 0. The van der Waals surface area contributed by atoms with Crippen LogP contribution in [0.1, 0.15) is 55.3 Å². The van der Waals surface area contributed by atoms with Gasteiger partial charge < -0.3 is 11.1 Å². The van der Waals surface area contributed by atoms with Crippen molar-refractivity contribution in [2.45, 2.75) is 51.0 Å². The van der Waals surface area contributed by atoms with Crippen molar-refractivity contribution < 1.29 is 4.79 Å². The molecule has 1 amide bonds. The highest BCUT2D eigenvalue weighted by Gasteiger charge is 2.11. The van der Waals surface area contributed by atoms with E-state index in [0.29, 0.717) is 11.6 Å². The van der Waals surface area contributed by atoms with E-state index in [1.165, 1.54) is 51.1 Å². The molecule has 4 nitrogen and oxygen atoms in total. The summed E-state index contributed by atoms with van der Waals surface area (Å²) in [5.41, 5.74) is 5.64. The minimum absolute atomic E-state index is 0.431. The van der Waals surface area contributed by atoms with Gasteiger partial charge in [0.2, 0.25) is 5.91 Å². The minimum atomic E-state index is -0.431. The van der Waals surface area contributed by atoms with Crippen molar-refractivity contribution in [2.24, 2.45) is 5.73 Å². The zero-order valence-corrected chi connectivity index (χ0v) is 10.7. The molecule has 1 fully saturated rings. The van der Waals surface area contributed by atoms with Gasteiger partial charge in [0.1, 0.15) is 5.82 Å². The molecule has 0 bridgehead atoms. The molecule has 1 aliphatic carbocycles. The van der Waals surface area contributed by atoms with Crippen LogP contribution in [0.2, 0.25) is 0 Å². The van der Waals surface area contributed by atoms with Gasteiger partial charge in [-0.1, -0.05) is 32.1 Å². The SMILES string of the molecule is NC(=O)c1ccc(NC2CCCCCCC2)nc1. The van der Waals surface area contributed by atoms with Gasteiger partial charge in [-0.3, -0.25) is 4.79 Å². The van der Waals surface area contributed by atoms with E-state index in [9.17, 15) is 4.79 Å². The topological polar surface area (TPSA) is 68.0 Å². The minimum Gasteiger partial charge on any atom is -0.367 e. The summed E-state index contributed by atoms with van der Waals surface area (Å²) >= 11 is 0. The zero-order valence-electron chi connectivity index (χ0n) is 10.7. The monoisotopic (exact) mass is 247 g/mol. The van der Waals surface area contributed by atoms with E-state index >= 15 is 0 Å². The predicted molar refractivity (Wildman–Crippen MR) is 72.5 cm³/mol. The van der Waals surface area contributed by atoms with Crippen LogP contribution in [0.5, 0.6) is 0 Å². The van der Waals surface area contributed by atoms with Crippen LogP contribution in [0.15, 0.2) is 18.3 Å². The number of rotatable bonds is 3. The molecular weight excluding hydrogens is 226 g/mol. The molecule has 0 atom stereocenters. The molecule has 1 aromatic heterocycles. The van der Waals surface area contributed by atoms with Crippen LogP contribution in [0.4, 0.5) is 5.82 Å². The number of carbonyl (C=O) groups excluding carboxylic acids is 1. The van der Waals surface area contributed by atoms with Crippen LogP contribution in [0.3, 0.4) is 0 Å². The first-order valence-electron chi connectivity index (χ1n) is 6.78.